The third-order valence-electron chi connectivity index (χ3n) is 5.84. The summed E-state index contributed by atoms with van der Waals surface area (Å²) < 4.78 is 11.4. The van der Waals surface area contributed by atoms with Crippen molar-refractivity contribution < 1.29 is 23.9 Å². The molecule has 4 rings (SSSR count). The highest BCUT2D eigenvalue weighted by Gasteiger charge is 2.64. The minimum Gasteiger partial charge on any atom is -0.496 e. The zero-order chi connectivity index (χ0) is 23.0. The van der Waals surface area contributed by atoms with E-state index in [0.717, 1.165) is 5.56 Å². The number of rotatable bonds is 7. The van der Waals surface area contributed by atoms with E-state index in [0.29, 0.717) is 40.1 Å². The number of nitrogens with one attached hydrogen (secondary N) is 1. The number of fused-ring (bicyclic) bond motifs is 1. The number of pyridine rings is 1. The SMILES string of the molecule is CNC(=O)c1cc2nccc(Oc3ccc(C4CC4(C(N)=O)C(N)=O)cc3)c2cc1OC. The van der Waals surface area contributed by atoms with Crippen LogP contribution in [0.25, 0.3) is 10.9 Å². The molecule has 0 aliphatic heterocycles. The summed E-state index contributed by atoms with van der Waals surface area (Å²) in [7, 11) is 3.03. The van der Waals surface area contributed by atoms with Crippen LogP contribution in [0.3, 0.4) is 0 Å². The molecule has 3 aromatic rings. The minimum atomic E-state index is -1.32. The molecular formula is C23H22N4O5. The highest BCUT2D eigenvalue weighted by atomic mass is 16.5. The predicted molar refractivity (Wildman–Crippen MR) is 116 cm³/mol. The zero-order valence-electron chi connectivity index (χ0n) is 17.5. The molecule has 5 N–H and O–H groups in total. The molecule has 32 heavy (non-hydrogen) atoms. The summed E-state index contributed by atoms with van der Waals surface area (Å²) in [5.74, 6) is -0.559. The average Bonchev–Trinajstić information content (AvgIpc) is 3.56. The molecule has 0 bridgehead atoms. The maximum Gasteiger partial charge on any atom is 0.254 e. The molecule has 1 aromatic heterocycles. The number of nitrogens with two attached hydrogens (primary N) is 2. The molecule has 0 spiro atoms. The monoisotopic (exact) mass is 434 g/mol. The van der Waals surface area contributed by atoms with E-state index in [1.807, 2.05) is 0 Å². The number of carbonyl (C=O) groups is 3. The summed E-state index contributed by atoms with van der Waals surface area (Å²) in [4.78, 5) is 39.9. The second-order valence-corrected chi connectivity index (χ2v) is 7.59. The first-order chi connectivity index (χ1) is 15.3. The van der Waals surface area contributed by atoms with Gasteiger partial charge in [-0.25, -0.2) is 0 Å². The molecule has 9 heteroatoms. The average molecular weight is 434 g/mol. The van der Waals surface area contributed by atoms with E-state index in [4.69, 9.17) is 20.9 Å². The normalized spacial score (nSPS) is 16.2. The van der Waals surface area contributed by atoms with Crippen LogP contribution in [0.4, 0.5) is 0 Å². The Morgan fingerprint density at radius 2 is 1.75 bits per heavy atom. The van der Waals surface area contributed by atoms with Crippen molar-refractivity contribution in [3.63, 3.8) is 0 Å². The summed E-state index contributed by atoms with van der Waals surface area (Å²) in [6.07, 6.45) is 1.89. The summed E-state index contributed by atoms with van der Waals surface area (Å²) in [5, 5.41) is 3.25. The van der Waals surface area contributed by atoms with Gasteiger partial charge in [0.15, 0.2) is 0 Å². The fourth-order valence-electron chi connectivity index (χ4n) is 3.94. The van der Waals surface area contributed by atoms with Crippen molar-refractivity contribution >= 4 is 28.6 Å². The fourth-order valence-corrected chi connectivity index (χ4v) is 3.94. The molecule has 164 valence electrons. The standard InChI is InChI=1S/C23H22N4O5/c1-26-20(28)15-9-17-14(10-19(15)31-2)18(7-8-27-17)32-13-5-3-12(4-6-13)16-11-23(16,21(24)29)22(25)30/h3-10,16H,11H2,1-2H3,(H2,24,29)(H2,25,30)(H,26,28). The van der Waals surface area contributed by atoms with Gasteiger partial charge in [0.2, 0.25) is 11.8 Å². The zero-order valence-corrected chi connectivity index (χ0v) is 17.5. The second-order valence-electron chi connectivity index (χ2n) is 7.59. The Morgan fingerprint density at radius 1 is 1.06 bits per heavy atom. The van der Waals surface area contributed by atoms with Gasteiger partial charge in [-0.05, 0) is 42.3 Å². The molecular weight excluding hydrogens is 412 g/mol. The van der Waals surface area contributed by atoms with Crippen molar-refractivity contribution in [1.82, 2.24) is 10.3 Å². The minimum absolute atomic E-state index is 0.282. The van der Waals surface area contributed by atoms with Gasteiger partial charge in [0, 0.05) is 24.5 Å². The number of hydrogen-bond donors (Lipinski definition) is 3. The second kappa shape index (κ2) is 7.84. The molecule has 1 heterocycles. The first-order valence-corrected chi connectivity index (χ1v) is 9.88. The van der Waals surface area contributed by atoms with Gasteiger partial charge in [0.1, 0.15) is 22.7 Å². The van der Waals surface area contributed by atoms with Crippen molar-refractivity contribution in [2.24, 2.45) is 16.9 Å². The Hall–Kier alpha value is -4.14. The maximum atomic E-state index is 12.1. The summed E-state index contributed by atoms with van der Waals surface area (Å²) in [6, 6.07) is 12.1. The predicted octanol–water partition coefficient (Wildman–Crippen LogP) is 1.84. The molecule has 1 fully saturated rings. The van der Waals surface area contributed by atoms with E-state index in [-0.39, 0.29) is 11.8 Å². The van der Waals surface area contributed by atoms with E-state index in [9.17, 15) is 14.4 Å². The fraction of sp³-hybridized carbons (Fsp3) is 0.217. The molecule has 0 radical (unpaired) electrons. The first kappa shape index (κ1) is 21.1. The van der Waals surface area contributed by atoms with Gasteiger partial charge in [-0.1, -0.05) is 12.1 Å². The van der Waals surface area contributed by atoms with Crippen LogP contribution in [0.15, 0.2) is 48.7 Å². The molecule has 1 saturated carbocycles. The number of amides is 3. The van der Waals surface area contributed by atoms with Crippen LogP contribution in [0.5, 0.6) is 17.2 Å². The number of primary amides is 2. The summed E-state index contributed by atoms with van der Waals surface area (Å²) in [6.45, 7) is 0. The number of hydrogen-bond acceptors (Lipinski definition) is 6. The molecule has 1 aliphatic rings. The quantitative estimate of drug-likeness (QED) is 0.484. The molecule has 1 aliphatic carbocycles. The van der Waals surface area contributed by atoms with Gasteiger partial charge < -0.3 is 26.3 Å². The molecule has 1 unspecified atom stereocenters. The Kier molecular flexibility index (Phi) is 5.17. The number of carbonyl (C=O) groups excluding carboxylic acids is 3. The number of nitrogens with zero attached hydrogens (tertiary/aromatic N) is 1. The third-order valence-corrected chi connectivity index (χ3v) is 5.84. The van der Waals surface area contributed by atoms with E-state index in [2.05, 4.69) is 10.3 Å². The van der Waals surface area contributed by atoms with Crippen LogP contribution < -0.4 is 26.3 Å². The Morgan fingerprint density at radius 3 is 2.31 bits per heavy atom. The summed E-state index contributed by atoms with van der Waals surface area (Å²) >= 11 is 0. The number of benzene rings is 2. The van der Waals surface area contributed by atoms with Crippen molar-refractivity contribution in [2.75, 3.05) is 14.2 Å². The lowest BCUT2D eigenvalue weighted by atomic mass is 9.97. The van der Waals surface area contributed by atoms with Crippen molar-refractivity contribution in [3.05, 3.63) is 59.8 Å². The smallest absolute Gasteiger partial charge is 0.254 e. The lowest BCUT2D eigenvalue weighted by Gasteiger charge is -2.13. The number of methoxy groups -OCH3 is 1. The van der Waals surface area contributed by atoms with Crippen LogP contribution in [-0.2, 0) is 9.59 Å². The van der Waals surface area contributed by atoms with E-state index in [1.54, 1.807) is 55.7 Å². The molecule has 3 amide bonds. The number of ether oxygens (including phenoxy) is 2. The molecule has 0 saturated heterocycles. The Bertz CT molecular complexity index is 1230. The van der Waals surface area contributed by atoms with Gasteiger partial charge in [-0.3, -0.25) is 19.4 Å². The van der Waals surface area contributed by atoms with E-state index in [1.165, 1.54) is 7.11 Å². The lowest BCUT2D eigenvalue weighted by molar-refractivity contribution is -0.133. The van der Waals surface area contributed by atoms with Crippen LogP contribution in [0.2, 0.25) is 0 Å². The third kappa shape index (κ3) is 3.37. The Labute approximate surface area is 183 Å². The topological polar surface area (TPSA) is 147 Å². The van der Waals surface area contributed by atoms with Crippen LogP contribution in [0.1, 0.15) is 28.3 Å². The van der Waals surface area contributed by atoms with E-state index >= 15 is 0 Å². The van der Waals surface area contributed by atoms with Gasteiger partial charge in [-0.2, -0.15) is 0 Å². The van der Waals surface area contributed by atoms with Gasteiger partial charge >= 0.3 is 0 Å². The highest BCUT2D eigenvalue weighted by Crippen LogP contribution is 2.59. The van der Waals surface area contributed by atoms with Gasteiger partial charge in [0.25, 0.3) is 5.91 Å². The largest absolute Gasteiger partial charge is 0.496 e. The first-order valence-electron chi connectivity index (χ1n) is 9.88. The molecule has 2 aromatic carbocycles. The lowest BCUT2D eigenvalue weighted by Crippen LogP contribution is -2.38. The van der Waals surface area contributed by atoms with Crippen molar-refractivity contribution in [1.29, 1.82) is 0 Å². The van der Waals surface area contributed by atoms with Gasteiger partial charge in [0.05, 0.1) is 18.2 Å². The molecule has 1 atom stereocenters. The molecule has 9 nitrogen and oxygen atoms in total. The van der Waals surface area contributed by atoms with Crippen molar-refractivity contribution in [3.8, 4) is 17.2 Å². The number of aromatic nitrogens is 1. The van der Waals surface area contributed by atoms with Crippen molar-refractivity contribution in [2.45, 2.75) is 12.3 Å². The maximum absolute atomic E-state index is 12.1. The summed E-state index contributed by atoms with van der Waals surface area (Å²) in [5.41, 5.74) is 11.2. The highest BCUT2D eigenvalue weighted by molar-refractivity contribution is 6.08. The van der Waals surface area contributed by atoms with E-state index < -0.39 is 17.2 Å². The van der Waals surface area contributed by atoms with Crippen LogP contribution >= 0.6 is 0 Å². The van der Waals surface area contributed by atoms with Crippen LogP contribution in [0, 0.1) is 5.41 Å². The van der Waals surface area contributed by atoms with Crippen LogP contribution in [-0.4, -0.2) is 36.9 Å². The Balaban J connectivity index is 1.62. The van der Waals surface area contributed by atoms with Gasteiger partial charge in [-0.15, -0.1) is 0 Å².